The SMILES string of the molecule is CCNC(=NCCCOc1cccc(OC)c1)NCCC(F)(F)F. The first-order chi connectivity index (χ1) is 11.4. The van der Waals surface area contributed by atoms with Crippen LogP contribution in [0.4, 0.5) is 13.2 Å². The Balaban J connectivity index is 2.30. The zero-order valence-electron chi connectivity index (χ0n) is 13.9. The molecule has 0 bridgehead atoms. The summed E-state index contributed by atoms with van der Waals surface area (Å²) in [7, 11) is 1.59. The van der Waals surface area contributed by atoms with Gasteiger partial charge in [0, 0.05) is 32.1 Å². The molecule has 0 aliphatic rings. The topological polar surface area (TPSA) is 54.9 Å². The van der Waals surface area contributed by atoms with Crippen molar-refractivity contribution in [2.45, 2.75) is 25.9 Å². The molecule has 0 atom stereocenters. The van der Waals surface area contributed by atoms with Gasteiger partial charge in [0.2, 0.25) is 0 Å². The number of hydrogen-bond donors (Lipinski definition) is 2. The van der Waals surface area contributed by atoms with Crippen LogP contribution in [0.3, 0.4) is 0 Å². The largest absolute Gasteiger partial charge is 0.497 e. The molecule has 0 aliphatic carbocycles. The van der Waals surface area contributed by atoms with Crippen LogP contribution in [0.25, 0.3) is 0 Å². The van der Waals surface area contributed by atoms with Crippen molar-refractivity contribution in [2.24, 2.45) is 4.99 Å². The summed E-state index contributed by atoms with van der Waals surface area (Å²) >= 11 is 0. The molecule has 0 aliphatic heterocycles. The molecule has 5 nitrogen and oxygen atoms in total. The van der Waals surface area contributed by atoms with Crippen LogP contribution in [0.1, 0.15) is 19.8 Å². The third kappa shape index (κ3) is 9.12. The van der Waals surface area contributed by atoms with Crippen LogP contribution in [0, 0.1) is 0 Å². The van der Waals surface area contributed by atoms with Gasteiger partial charge in [-0.1, -0.05) is 6.07 Å². The summed E-state index contributed by atoms with van der Waals surface area (Å²) in [6.07, 6.45) is -4.42. The van der Waals surface area contributed by atoms with E-state index in [9.17, 15) is 13.2 Å². The monoisotopic (exact) mass is 347 g/mol. The van der Waals surface area contributed by atoms with E-state index in [2.05, 4.69) is 15.6 Å². The Labute approximate surface area is 140 Å². The Morgan fingerprint density at radius 2 is 1.96 bits per heavy atom. The quantitative estimate of drug-likeness (QED) is 0.410. The van der Waals surface area contributed by atoms with Crippen molar-refractivity contribution in [2.75, 3.05) is 33.4 Å². The minimum absolute atomic E-state index is 0.199. The third-order valence-electron chi connectivity index (χ3n) is 2.93. The van der Waals surface area contributed by atoms with E-state index >= 15 is 0 Å². The number of guanidine groups is 1. The molecule has 0 saturated carbocycles. The molecule has 0 unspecified atom stereocenters. The first-order valence-corrected chi connectivity index (χ1v) is 7.80. The van der Waals surface area contributed by atoms with E-state index < -0.39 is 12.6 Å². The van der Waals surface area contributed by atoms with E-state index in [4.69, 9.17) is 9.47 Å². The van der Waals surface area contributed by atoms with E-state index in [1.165, 1.54) is 0 Å². The molecular weight excluding hydrogens is 323 g/mol. The number of aliphatic imine (C=N–C) groups is 1. The predicted molar refractivity (Wildman–Crippen MR) is 87.8 cm³/mol. The molecule has 24 heavy (non-hydrogen) atoms. The Kier molecular flexibility index (Phi) is 8.81. The molecule has 136 valence electrons. The van der Waals surface area contributed by atoms with Gasteiger partial charge in [-0.25, -0.2) is 0 Å². The second-order valence-electron chi connectivity index (χ2n) is 4.93. The fourth-order valence-electron chi connectivity index (χ4n) is 1.80. The van der Waals surface area contributed by atoms with Crippen molar-refractivity contribution in [3.8, 4) is 11.5 Å². The summed E-state index contributed by atoms with van der Waals surface area (Å²) in [6, 6.07) is 7.27. The average molecular weight is 347 g/mol. The van der Waals surface area contributed by atoms with Gasteiger partial charge in [0.25, 0.3) is 0 Å². The molecule has 1 aromatic carbocycles. The first kappa shape index (κ1) is 19.9. The lowest BCUT2D eigenvalue weighted by atomic mass is 10.3. The van der Waals surface area contributed by atoms with Crippen molar-refractivity contribution >= 4 is 5.96 Å². The van der Waals surface area contributed by atoms with E-state index in [1.54, 1.807) is 13.2 Å². The van der Waals surface area contributed by atoms with Gasteiger partial charge in [0.15, 0.2) is 5.96 Å². The highest BCUT2D eigenvalue weighted by Gasteiger charge is 2.26. The molecule has 0 aromatic heterocycles. The summed E-state index contributed by atoms with van der Waals surface area (Å²) in [5.74, 6) is 1.80. The summed E-state index contributed by atoms with van der Waals surface area (Å²) in [5.41, 5.74) is 0. The molecule has 0 spiro atoms. The lowest BCUT2D eigenvalue weighted by Gasteiger charge is -2.12. The van der Waals surface area contributed by atoms with Crippen molar-refractivity contribution < 1.29 is 22.6 Å². The molecule has 0 amide bonds. The van der Waals surface area contributed by atoms with Crippen LogP contribution in [0.2, 0.25) is 0 Å². The molecule has 0 heterocycles. The van der Waals surface area contributed by atoms with Gasteiger partial charge in [-0.3, -0.25) is 4.99 Å². The Hall–Kier alpha value is -2.12. The number of benzene rings is 1. The second-order valence-corrected chi connectivity index (χ2v) is 4.93. The van der Waals surface area contributed by atoms with Crippen molar-refractivity contribution in [3.05, 3.63) is 24.3 Å². The Morgan fingerprint density at radius 1 is 1.21 bits per heavy atom. The van der Waals surface area contributed by atoms with Gasteiger partial charge in [-0.05, 0) is 19.1 Å². The smallest absolute Gasteiger partial charge is 0.390 e. The minimum atomic E-state index is -4.17. The van der Waals surface area contributed by atoms with Crippen LogP contribution in [0.15, 0.2) is 29.3 Å². The molecule has 2 N–H and O–H groups in total. The van der Waals surface area contributed by atoms with Gasteiger partial charge in [-0.2, -0.15) is 13.2 Å². The van der Waals surface area contributed by atoms with E-state index in [-0.39, 0.29) is 6.54 Å². The predicted octanol–water partition coefficient (Wildman–Crippen LogP) is 2.97. The van der Waals surface area contributed by atoms with Gasteiger partial charge in [-0.15, -0.1) is 0 Å². The number of ether oxygens (including phenoxy) is 2. The molecule has 1 rings (SSSR count). The van der Waals surface area contributed by atoms with Crippen LogP contribution in [0.5, 0.6) is 11.5 Å². The van der Waals surface area contributed by atoms with Crippen molar-refractivity contribution in [1.29, 1.82) is 0 Å². The maximum Gasteiger partial charge on any atom is 0.390 e. The summed E-state index contributed by atoms with van der Waals surface area (Å²) in [5, 5.41) is 5.57. The van der Waals surface area contributed by atoms with Crippen molar-refractivity contribution in [3.63, 3.8) is 0 Å². The molecule has 0 saturated heterocycles. The van der Waals surface area contributed by atoms with E-state index in [0.29, 0.717) is 43.6 Å². The zero-order valence-corrected chi connectivity index (χ0v) is 13.9. The van der Waals surface area contributed by atoms with Gasteiger partial charge < -0.3 is 20.1 Å². The summed E-state index contributed by atoms with van der Waals surface area (Å²) < 4.78 is 47.1. The van der Waals surface area contributed by atoms with Crippen LogP contribution in [-0.4, -0.2) is 45.5 Å². The fraction of sp³-hybridized carbons (Fsp3) is 0.562. The second kappa shape index (κ2) is 10.6. The zero-order chi connectivity index (χ0) is 17.8. The third-order valence-corrected chi connectivity index (χ3v) is 2.93. The maximum absolute atomic E-state index is 12.1. The van der Waals surface area contributed by atoms with Crippen LogP contribution < -0.4 is 20.1 Å². The highest BCUT2D eigenvalue weighted by atomic mass is 19.4. The van der Waals surface area contributed by atoms with Gasteiger partial charge in [0.05, 0.1) is 20.1 Å². The maximum atomic E-state index is 12.1. The number of rotatable bonds is 9. The van der Waals surface area contributed by atoms with Crippen LogP contribution >= 0.6 is 0 Å². The fourth-order valence-corrected chi connectivity index (χ4v) is 1.80. The number of halogens is 3. The van der Waals surface area contributed by atoms with Crippen molar-refractivity contribution in [1.82, 2.24) is 10.6 Å². The Morgan fingerprint density at radius 3 is 2.62 bits per heavy atom. The molecule has 8 heteroatoms. The molecular formula is C16H24F3N3O2. The Bertz CT molecular complexity index is 508. The standard InChI is InChI=1S/C16H24F3N3O2/c1-3-20-15(22-10-8-16(17,18)19)21-9-5-11-24-14-7-4-6-13(12-14)23-2/h4,6-7,12H,3,5,8-11H2,1-2H3,(H2,20,21,22). The number of nitrogens with one attached hydrogen (secondary N) is 2. The lowest BCUT2D eigenvalue weighted by molar-refractivity contribution is -0.132. The summed E-state index contributed by atoms with van der Waals surface area (Å²) in [6.45, 7) is 3.14. The average Bonchev–Trinajstić information content (AvgIpc) is 2.53. The first-order valence-electron chi connectivity index (χ1n) is 7.80. The van der Waals surface area contributed by atoms with Gasteiger partial charge in [0.1, 0.15) is 11.5 Å². The molecule has 0 radical (unpaired) electrons. The number of nitrogens with zero attached hydrogens (tertiary/aromatic N) is 1. The van der Waals surface area contributed by atoms with Gasteiger partial charge >= 0.3 is 6.18 Å². The molecule has 1 aromatic rings. The molecule has 0 fully saturated rings. The number of alkyl halides is 3. The highest BCUT2D eigenvalue weighted by molar-refractivity contribution is 5.79. The normalized spacial score (nSPS) is 12.0. The van der Waals surface area contributed by atoms with Crippen LogP contribution in [-0.2, 0) is 0 Å². The number of hydrogen-bond acceptors (Lipinski definition) is 3. The lowest BCUT2D eigenvalue weighted by Crippen LogP contribution is -2.39. The van der Waals surface area contributed by atoms with E-state index in [0.717, 1.165) is 0 Å². The number of methoxy groups -OCH3 is 1. The minimum Gasteiger partial charge on any atom is -0.497 e. The summed E-state index contributed by atoms with van der Waals surface area (Å²) in [4.78, 5) is 4.22. The highest BCUT2D eigenvalue weighted by Crippen LogP contribution is 2.19. The van der Waals surface area contributed by atoms with E-state index in [1.807, 2.05) is 25.1 Å².